The third-order valence-corrected chi connectivity index (χ3v) is 3.16. The maximum Gasteiger partial charge on any atom is 0.178 e. The molecule has 2 rings (SSSR count). The predicted molar refractivity (Wildman–Crippen MR) is 75.0 cm³/mol. The van der Waals surface area contributed by atoms with E-state index in [4.69, 9.17) is 21.7 Å². The van der Waals surface area contributed by atoms with Gasteiger partial charge in [0.1, 0.15) is 0 Å². The van der Waals surface area contributed by atoms with E-state index in [-0.39, 0.29) is 0 Å². The first-order valence-corrected chi connectivity index (χ1v) is 6.07. The molecule has 0 atom stereocenters. The van der Waals surface area contributed by atoms with Gasteiger partial charge in [0.2, 0.25) is 0 Å². The second-order valence-electron chi connectivity index (χ2n) is 3.88. The summed E-state index contributed by atoms with van der Waals surface area (Å²) < 4.78 is 13.3. The lowest BCUT2D eigenvalue weighted by atomic mass is 10.2. The molecule has 96 valence electrons. The molecule has 0 aliphatic rings. The Kier molecular flexibility index (Phi) is 3.72. The molecule has 0 aliphatic heterocycles. The normalized spacial score (nSPS) is 10.6. The number of methoxy groups -OCH3 is 2. The average molecular weight is 264 g/mol. The fourth-order valence-electron chi connectivity index (χ4n) is 1.93. The summed E-state index contributed by atoms with van der Waals surface area (Å²) >= 11 is 5.32. The molecule has 0 aliphatic carbocycles. The number of fused-ring (bicyclic) bond motifs is 1. The van der Waals surface area contributed by atoms with Crippen molar-refractivity contribution in [1.29, 1.82) is 0 Å². The highest BCUT2D eigenvalue weighted by Crippen LogP contribution is 2.31. The Hall–Kier alpha value is -1.75. The molecule has 0 unspecified atom stereocenters. The Morgan fingerprint density at radius 1 is 1.33 bits per heavy atom. The molecule has 5 heteroatoms. The van der Waals surface area contributed by atoms with Crippen LogP contribution in [0.25, 0.3) is 11.0 Å². The highest BCUT2D eigenvalue weighted by Gasteiger charge is 2.10. The summed E-state index contributed by atoms with van der Waals surface area (Å²) in [4.78, 5) is 3.17. The highest BCUT2D eigenvalue weighted by atomic mass is 32.1. The van der Waals surface area contributed by atoms with Crippen molar-refractivity contribution in [3.05, 3.63) is 29.6 Å². The number of nitrogens with zero attached hydrogens (tertiary/aromatic N) is 1. The number of aromatic amines is 1. The molecule has 0 spiro atoms. The molecule has 1 aromatic heterocycles. The molecule has 0 radical (unpaired) electrons. The number of allylic oxidation sites excluding steroid dienone is 1. The zero-order valence-corrected chi connectivity index (χ0v) is 11.3. The van der Waals surface area contributed by atoms with Crippen molar-refractivity contribution in [2.45, 2.75) is 13.0 Å². The number of hydrogen-bond donors (Lipinski definition) is 1. The molecule has 18 heavy (non-hydrogen) atoms. The van der Waals surface area contributed by atoms with Crippen LogP contribution < -0.4 is 9.47 Å². The van der Waals surface area contributed by atoms with Crippen LogP contribution in [0.15, 0.2) is 24.8 Å². The summed E-state index contributed by atoms with van der Waals surface area (Å²) in [6.07, 6.45) is 2.75. The van der Waals surface area contributed by atoms with Crippen LogP contribution in [0.1, 0.15) is 6.42 Å². The lowest BCUT2D eigenvalue weighted by molar-refractivity contribution is 0.355. The topological polar surface area (TPSA) is 39.2 Å². The summed E-state index contributed by atoms with van der Waals surface area (Å²) in [5, 5.41) is 0. The first kappa shape index (κ1) is 12.7. The molecule has 0 amide bonds. The van der Waals surface area contributed by atoms with E-state index in [1.165, 1.54) is 0 Å². The van der Waals surface area contributed by atoms with Crippen LogP contribution in [-0.2, 0) is 6.54 Å². The van der Waals surface area contributed by atoms with Gasteiger partial charge < -0.3 is 19.0 Å². The Bertz CT molecular complexity index is 628. The summed E-state index contributed by atoms with van der Waals surface area (Å²) in [6, 6.07) is 3.83. The van der Waals surface area contributed by atoms with Crippen LogP contribution in [0.4, 0.5) is 0 Å². The van der Waals surface area contributed by atoms with Crippen LogP contribution in [0.5, 0.6) is 11.5 Å². The fraction of sp³-hybridized carbons (Fsp3) is 0.308. The molecule has 0 saturated heterocycles. The largest absolute Gasteiger partial charge is 0.493 e. The quantitative estimate of drug-likeness (QED) is 0.665. The Morgan fingerprint density at radius 3 is 2.61 bits per heavy atom. The summed E-state index contributed by atoms with van der Waals surface area (Å²) in [5.41, 5.74) is 1.96. The van der Waals surface area contributed by atoms with Crippen LogP contribution in [0.3, 0.4) is 0 Å². The molecular weight excluding hydrogens is 248 g/mol. The maximum atomic E-state index is 5.32. The van der Waals surface area contributed by atoms with Crippen molar-refractivity contribution in [3.8, 4) is 11.5 Å². The van der Waals surface area contributed by atoms with Crippen molar-refractivity contribution >= 4 is 23.3 Å². The van der Waals surface area contributed by atoms with Crippen molar-refractivity contribution in [3.63, 3.8) is 0 Å². The third-order valence-electron chi connectivity index (χ3n) is 2.84. The molecule has 4 nitrogen and oxygen atoms in total. The van der Waals surface area contributed by atoms with E-state index in [2.05, 4.69) is 11.6 Å². The van der Waals surface area contributed by atoms with Crippen molar-refractivity contribution in [1.82, 2.24) is 9.55 Å². The van der Waals surface area contributed by atoms with Crippen LogP contribution >= 0.6 is 12.2 Å². The zero-order chi connectivity index (χ0) is 13.1. The fourth-order valence-corrected chi connectivity index (χ4v) is 2.23. The smallest absolute Gasteiger partial charge is 0.178 e. The van der Waals surface area contributed by atoms with E-state index in [9.17, 15) is 0 Å². The Morgan fingerprint density at radius 2 is 2.00 bits per heavy atom. The van der Waals surface area contributed by atoms with Gasteiger partial charge in [-0.15, -0.1) is 6.58 Å². The molecule has 0 saturated carbocycles. The van der Waals surface area contributed by atoms with Gasteiger partial charge in [0.05, 0.1) is 25.3 Å². The number of imidazole rings is 1. The van der Waals surface area contributed by atoms with E-state index in [1.54, 1.807) is 14.2 Å². The minimum Gasteiger partial charge on any atom is -0.493 e. The minimum absolute atomic E-state index is 0.692. The van der Waals surface area contributed by atoms with Gasteiger partial charge in [-0.1, -0.05) is 6.08 Å². The van der Waals surface area contributed by atoms with Crippen LogP contribution in [-0.4, -0.2) is 23.8 Å². The second kappa shape index (κ2) is 5.27. The molecule has 0 bridgehead atoms. The van der Waals surface area contributed by atoms with Gasteiger partial charge in [0.15, 0.2) is 16.3 Å². The predicted octanol–water partition coefficient (Wildman–Crippen LogP) is 3.29. The molecule has 1 heterocycles. The second-order valence-corrected chi connectivity index (χ2v) is 4.27. The number of nitrogens with one attached hydrogen (secondary N) is 1. The minimum atomic E-state index is 0.692. The molecule has 1 N–H and O–H groups in total. The SMILES string of the molecule is C=CCCn1c(=S)[nH]c2cc(OC)c(OC)cc21. The van der Waals surface area contributed by atoms with Crippen molar-refractivity contribution in [2.24, 2.45) is 0 Å². The Balaban J connectivity index is 2.62. The van der Waals surface area contributed by atoms with Crippen molar-refractivity contribution in [2.75, 3.05) is 14.2 Å². The molecule has 2 aromatic rings. The first-order chi connectivity index (χ1) is 8.71. The van der Waals surface area contributed by atoms with Gasteiger partial charge in [0.25, 0.3) is 0 Å². The molecule has 1 aromatic carbocycles. The number of ether oxygens (including phenoxy) is 2. The number of aryl methyl sites for hydroxylation is 1. The summed E-state index contributed by atoms with van der Waals surface area (Å²) in [5.74, 6) is 1.39. The monoisotopic (exact) mass is 264 g/mol. The first-order valence-electron chi connectivity index (χ1n) is 5.66. The highest BCUT2D eigenvalue weighted by molar-refractivity contribution is 7.71. The van der Waals surface area contributed by atoms with E-state index in [0.717, 1.165) is 24.0 Å². The molecule has 0 fully saturated rings. The van der Waals surface area contributed by atoms with Gasteiger partial charge in [-0.05, 0) is 18.6 Å². The number of benzene rings is 1. The summed E-state index contributed by atoms with van der Waals surface area (Å²) in [6.45, 7) is 4.53. The lowest BCUT2D eigenvalue weighted by Crippen LogP contribution is -1.97. The van der Waals surface area contributed by atoms with Crippen molar-refractivity contribution < 1.29 is 9.47 Å². The number of hydrogen-bond acceptors (Lipinski definition) is 3. The zero-order valence-electron chi connectivity index (χ0n) is 10.5. The van der Waals surface area contributed by atoms with Gasteiger partial charge >= 0.3 is 0 Å². The Labute approximate surface area is 111 Å². The van der Waals surface area contributed by atoms with E-state index in [1.807, 2.05) is 22.8 Å². The number of H-pyrrole nitrogens is 1. The number of aromatic nitrogens is 2. The van der Waals surface area contributed by atoms with Gasteiger partial charge in [-0.2, -0.15) is 0 Å². The standard InChI is InChI=1S/C13H16N2O2S/c1-4-5-6-15-10-8-12(17-3)11(16-2)7-9(10)14-13(15)18/h4,7-8H,1,5-6H2,2-3H3,(H,14,18). The van der Waals surface area contributed by atoms with E-state index >= 15 is 0 Å². The summed E-state index contributed by atoms with van der Waals surface area (Å²) in [7, 11) is 3.24. The van der Waals surface area contributed by atoms with Gasteiger partial charge in [0, 0.05) is 18.7 Å². The van der Waals surface area contributed by atoms with Crippen LogP contribution in [0.2, 0.25) is 0 Å². The van der Waals surface area contributed by atoms with E-state index in [0.29, 0.717) is 16.3 Å². The van der Waals surface area contributed by atoms with Crippen LogP contribution in [0, 0.1) is 4.77 Å². The third kappa shape index (κ3) is 2.13. The van der Waals surface area contributed by atoms with Gasteiger partial charge in [-0.3, -0.25) is 0 Å². The van der Waals surface area contributed by atoms with Gasteiger partial charge in [-0.25, -0.2) is 0 Å². The molecular formula is C13H16N2O2S. The lowest BCUT2D eigenvalue weighted by Gasteiger charge is -2.08. The van der Waals surface area contributed by atoms with E-state index < -0.39 is 0 Å². The average Bonchev–Trinajstić information content (AvgIpc) is 2.69. The maximum absolute atomic E-state index is 5.32. The number of rotatable bonds is 5.